The van der Waals surface area contributed by atoms with Crippen LogP contribution in [0.5, 0.6) is 0 Å². The van der Waals surface area contributed by atoms with E-state index < -0.39 is 9.84 Å². The summed E-state index contributed by atoms with van der Waals surface area (Å²) in [6, 6.07) is 8.34. The molecule has 0 atom stereocenters. The third kappa shape index (κ3) is 2.46. The highest BCUT2D eigenvalue weighted by atomic mass is 35.5. The second-order valence-corrected chi connectivity index (χ2v) is 5.86. The van der Waals surface area contributed by atoms with Crippen LogP contribution in [-0.2, 0) is 15.6 Å². The number of hydrogen-bond donors (Lipinski definition) is 1. The first kappa shape index (κ1) is 11.2. The molecule has 1 aromatic heterocycles. The summed E-state index contributed by atoms with van der Waals surface area (Å²) in [6.45, 7) is 0. The molecule has 0 aliphatic carbocycles. The van der Waals surface area contributed by atoms with E-state index in [0.717, 1.165) is 5.56 Å². The number of aromatic amines is 1. The molecule has 16 heavy (non-hydrogen) atoms. The van der Waals surface area contributed by atoms with Gasteiger partial charge in [0.15, 0.2) is 9.84 Å². The smallest absolute Gasteiger partial charge is 0.184 e. The normalized spacial score (nSPS) is 11.6. The van der Waals surface area contributed by atoms with Gasteiger partial charge in [-0.2, -0.15) is 0 Å². The van der Waals surface area contributed by atoms with Crippen LogP contribution in [0, 0.1) is 0 Å². The van der Waals surface area contributed by atoms with Crippen LogP contribution < -0.4 is 0 Å². The van der Waals surface area contributed by atoms with Gasteiger partial charge < -0.3 is 4.98 Å². The van der Waals surface area contributed by atoms with Gasteiger partial charge in [-0.05, 0) is 23.8 Å². The molecular formula is C11H10ClNO2S. The standard InChI is InChI=1S/C11H10ClNO2S/c12-10-3-1-9(2-4-10)8-16(14,15)11-5-6-13-7-11/h1-7,13H,8H2. The molecule has 0 saturated heterocycles. The Bertz CT molecular complexity index is 559. The molecule has 0 bridgehead atoms. The minimum Gasteiger partial charge on any atom is -0.366 e. The number of H-pyrrole nitrogens is 1. The van der Waals surface area contributed by atoms with E-state index >= 15 is 0 Å². The molecule has 84 valence electrons. The molecule has 0 aliphatic rings. The van der Waals surface area contributed by atoms with Gasteiger partial charge in [-0.15, -0.1) is 0 Å². The van der Waals surface area contributed by atoms with Crippen LogP contribution in [-0.4, -0.2) is 13.4 Å². The lowest BCUT2D eigenvalue weighted by molar-refractivity contribution is 0.595. The van der Waals surface area contributed by atoms with E-state index in [4.69, 9.17) is 11.6 Å². The molecule has 1 N–H and O–H groups in total. The van der Waals surface area contributed by atoms with Crippen LogP contribution in [0.2, 0.25) is 5.02 Å². The Morgan fingerprint density at radius 2 is 1.81 bits per heavy atom. The summed E-state index contributed by atoms with van der Waals surface area (Å²) in [5.74, 6) is -0.0119. The minimum absolute atomic E-state index is 0.0119. The second kappa shape index (κ2) is 4.31. The fraction of sp³-hybridized carbons (Fsp3) is 0.0909. The zero-order valence-corrected chi connectivity index (χ0v) is 9.92. The molecule has 0 saturated carbocycles. The predicted octanol–water partition coefficient (Wildman–Crippen LogP) is 2.64. The van der Waals surface area contributed by atoms with Crippen molar-refractivity contribution in [3.05, 3.63) is 53.3 Å². The Morgan fingerprint density at radius 3 is 2.38 bits per heavy atom. The highest BCUT2D eigenvalue weighted by molar-refractivity contribution is 7.90. The first-order valence-corrected chi connectivity index (χ1v) is 6.71. The van der Waals surface area contributed by atoms with E-state index in [1.807, 2.05) is 0 Å². The van der Waals surface area contributed by atoms with Gasteiger partial charge in [-0.1, -0.05) is 23.7 Å². The summed E-state index contributed by atoms with van der Waals surface area (Å²) in [7, 11) is -3.26. The number of nitrogens with one attached hydrogen (secondary N) is 1. The molecule has 0 fully saturated rings. The molecule has 1 aromatic carbocycles. The minimum atomic E-state index is -3.26. The van der Waals surface area contributed by atoms with E-state index in [1.54, 1.807) is 36.5 Å². The second-order valence-electron chi connectivity index (χ2n) is 3.43. The number of sulfone groups is 1. The van der Waals surface area contributed by atoms with Gasteiger partial charge in [0, 0.05) is 17.4 Å². The Kier molecular flexibility index (Phi) is 3.03. The molecule has 5 heteroatoms. The summed E-state index contributed by atoms with van der Waals surface area (Å²) in [4.78, 5) is 3.04. The molecular weight excluding hydrogens is 246 g/mol. The van der Waals surface area contributed by atoms with Crippen LogP contribution in [0.25, 0.3) is 0 Å². The Balaban J connectivity index is 2.25. The van der Waals surface area contributed by atoms with Crippen LogP contribution >= 0.6 is 11.6 Å². The van der Waals surface area contributed by atoms with Gasteiger partial charge >= 0.3 is 0 Å². The number of halogens is 1. The lowest BCUT2D eigenvalue weighted by atomic mass is 10.2. The maximum Gasteiger partial charge on any atom is 0.184 e. The van der Waals surface area contributed by atoms with Crippen molar-refractivity contribution in [2.24, 2.45) is 0 Å². The van der Waals surface area contributed by atoms with Crippen LogP contribution in [0.4, 0.5) is 0 Å². The SMILES string of the molecule is O=S(=O)(Cc1ccc(Cl)cc1)c1cc[nH]c1. The average Bonchev–Trinajstić information content (AvgIpc) is 2.75. The first-order valence-electron chi connectivity index (χ1n) is 4.68. The Labute approximate surface area is 99.0 Å². The molecule has 0 aliphatic heterocycles. The summed E-state index contributed by atoms with van der Waals surface area (Å²) >= 11 is 5.73. The lowest BCUT2D eigenvalue weighted by Gasteiger charge is -2.02. The molecule has 0 radical (unpaired) electrons. The predicted molar refractivity (Wildman–Crippen MR) is 63.1 cm³/mol. The molecule has 2 aromatic rings. The summed E-state index contributed by atoms with van der Waals surface area (Å²) in [5.41, 5.74) is 0.727. The molecule has 0 unspecified atom stereocenters. The molecule has 3 nitrogen and oxygen atoms in total. The van der Waals surface area contributed by atoms with Gasteiger partial charge in [0.1, 0.15) is 0 Å². The third-order valence-electron chi connectivity index (χ3n) is 2.20. The Morgan fingerprint density at radius 1 is 1.12 bits per heavy atom. The lowest BCUT2D eigenvalue weighted by Crippen LogP contribution is -2.03. The number of aromatic nitrogens is 1. The monoisotopic (exact) mass is 255 g/mol. The van der Waals surface area contributed by atoms with Gasteiger partial charge in [0.2, 0.25) is 0 Å². The molecule has 0 spiro atoms. The van der Waals surface area contributed by atoms with Crippen molar-refractivity contribution >= 4 is 21.4 Å². The van der Waals surface area contributed by atoms with Crippen molar-refractivity contribution in [1.82, 2.24) is 4.98 Å². The quantitative estimate of drug-likeness (QED) is 0.917. The number of hydrogen-bond acceptors (Lipinski definition) is 2. The van der Waals surface area contributed by atoms with Gasteiger partial charge in [-0.3, -0.25) is 0 Å². The fourth-order valence-electron chi connectivity index (χ4n) is 1.39. The van der Waals surface area contributed by atoms with Crippen molar-refractivity contribution in [2.75, 3.05) is 0 Å². The molecule has 2 rings (SSSR count). The van der Waals surface area contributed by atoms with Gasteiger partial charge in [0.05, 0.1) is 10.6 Å². The average molecular weight is 256 g/mol. The highest BCUT2D eigenvalue weighted by Crippen LogP contribution is 2.17. The molecule has 0 amide bonds. The van der Waals surface area contributed by atoms with E-state index in [2.05, 4.69) is 4.98 Å². The summed E-state index contributed by atoms with van der Waals surface area (Å²) in [5, 5.41) is 0.600. The number of rotatable bonds is 3. The topological polar surface area (TPSA) is 49.9 Å². The zero-order chi connectivity index (χ0) is 11.6. The van der Waals surface area contributed by atoms with Crippen molar-refractivity contribution in [3.63, 3.8) is 0 Å². The summed E-state index contributed by atoms with van der Waals surface area (Å²) < 4.78 is 23.8. The number of benzene rings is 1. The van der Waals surface area contributed by atoms with E-state index in [9.17, 15) is 8.42 Å². The van der Waals surface area contributed by atoms with Gasteiger partial charge in [-0.25, -0.2) is 8.42 Å². The third-order valence-corrected chi connectivity index (χ3v) is 4.14. The maximum atomic E-state index is 11.9. The molecule has 1 heterocycles. The largest absolute Gasteiger partial charge is 0.366 e. The van der Waals surface area contributed by atoms with Crippen LogP contribution in [0.3, 0.4) is 0 Å². The zero-order valence-electron chi connectivity index (χ0n) is 8.35. The van der Waals surface area contributed by atoms with Gasteiger partial charge in [0.25, 0.3) is 0 Å². The van der Waals surface area contributed by atoms with Crippen molar-refractivity contribution in [2.45, 2.75) is 10.6 Å². The first-order chi connectivity index (χ1) is 7.58. The van der Waals surface area contributed by atoms with Crippen molar-refractivity contribution in [1.29, 1.82) is 0 Å². The highest BCUT2D eigenvalue weighted by Gasteiger charge is 2.15. The van der Waals surface area contributed by atoms with E-state index in [0.29, 0.717) is 9.92 Å². The van der Waals surface area contributed by atoms with E-state index in [1.165, 1.54) is 6.20 Å². The van der Waals surface area contributed by atoms with Crippen molar-refractivity contribution < 1.29 is 8.42 Å². The maximum absolute atomic E-state index is 11.9. The Hall–Kier alpha value is -1.26. The van der Waals surface area contributed by atoms with Crippen LogP contribution in [0.1, 0.15) is 5.56 Å². The van der Waals surface area contributed by atoms with Crippen LogP contribution in [0.15, 0.2) is 47.6 Å². The fourth-order valence-corrected chi connectivity index (χ4v) is 2.83. The van der Waals surface area contributed by atoms with E-state index in [-0.39, 0.29) is 5.75 Å². The summed E-state index contributed by atoms with van der Waals surface area (Å²) in [6.07, 6.45) is 3.07. The van der Waals surface area contributed by atoms with Crippen molar-refractivity contribution in [3.8, 4) is 0 Å².